The summed E-state index contributed by atoms with van der Waals surface area (Å²) in [4.78, 5) is 1.85. The van der Waals surface area contributed by atoms with Gasteiger partial charge < -0.3 is 4.42 Å². The Hall–Kier alpha value is -1.55. The standard InChI is InChI=1S/C11H12ClN3O/c1-8-5-3-4-6-9(8)15(2)11-14-13-10(7-12)16-11/h3-6H,7H2,1-2H3. The van der Waals surface area contributed by atoms with Crippen LogP contribution < -0.4 is 4.90 Å². The van der Waals surface area contributed by atoms with Crippen molar-refractivity contribution in [1.29, 1.82) is 0 Å². The van der Waals surface area contributed by atoms with Gasteiger partial charge in [-0.2, -0.15) is 0 Å². The summed E-state index contributed by atoms with van der Waals surface area (Å²) in [6.45, 7) is 2.03. The molecule has 0 bridgehead atoms. The minimum Gasteiger partial charge on any atom is -0.406 e. The van der Waals surface area contributed by atoms with Gasteiger partial charge in [-0.3, -0.25) is 4.90 Å². The molecule has 0 saturated heterocycles. The summed E-state index contributed by atoms with van der Waals surface area (Å²) in [6.07, 6.45) is 0. The number of aromatic nitrogens is 2. The van der Waals surface area contributed by atoms with E-state index in [2.05, 4.69) is 10.2 Å². The van der Waals surface area contributed by atoms with Crippen molar-refractivity contribution < 1.29 is 4.42 Å². The quantitative estimate of drug-likeness (QED) is 0.770. The summed E-state index contributed by atoms with van der Waals surface area (Å²) in [5.41, 5.74) is 2.18. The van der Waals surface area contributed by atoms with Crippen LogP contribution in [0.3, 0.4) is 0 Å². The number of aryl methyl sites for hydroxylation is 1. The molecule has 0 atom stereocenters. The van der Waals surface area contributed by atoms with Gasteiger partial charge >= 0.3 is 6.01 Å². The highest BCUT2D eigenvalue weighted by atomic mass is 35.5. The Balaban J connectivity index is 2.31. The number of hydrogen-bond donors (Lipinski definition) is 0. The second kappa shape index (κ2) is 4.53. The molecule has 0 radical (unpaired) electrons. The lowest BCUT2D eigenvalue weighted by Gasteiger charge is -2.16. The van der Waals surface area contributed by atoms with Crippen molar-refractivity contribution in [3.05, 3.63) is 35.7 Å². The fourth-order valence-corrected chi connectivity index (χ4v) is 1.59. The Labute approximate surface area is 98.8 Å². The van der Waals surface area contributed by atoms with Crippen LogP contribution in [0.2, 0.25) is 0 Å². The third-order valence-corrected chi connectivity index (χ3v) is 2.56. The van der Waals surface area contributed by atoms with Gasteiger partial charge in [-0.25, -0.2) is 0 Å². The number of benzene rings is 1. The summed E-state index contributed by atoms with van der Waals surface area (Å²) >= 11 is 5.61. The number of anilines is 2. The lowest BCUT2D eigenvalue weighted by Crippen LogP contribution is -2.11. The van der Waals surface area contributed by atoms with Gasteiger partial charge in [0.05, 0.1) is 0 Å². The van der Waals surface area contributed by atoms with Crippen LogP contribution in [0.4, 0.5) is 11.7 Å². The predicted molar refractivity (Wildman–Crippen MR) is 63.1 cm³/mol. The molecule has 1 aromatic carbocycles. The molecule has 0 aliphatic rings. The summed E-state index contributed by atoms with van der Waals surface area (Å²) in [6, 6.07) is 8.44. The van der Waals surface area contributed by atoms with E-state index in [0.717, 1.165) is 11.3 Å². The Morgan fingerprint density at radius 2 is 2.06 bits per heavy atom. The van der Waals surface area contributed by atoms with Gasteiger partial charge in [0.2, 0.25) is 5.89 Å². The van der Waals surface area contributed by atoms with Crippen LogP contribution in [0.25, 0.3) is 0 Å². The van der Waals surface area contributed by atoms with E-state index >= 15 is 0 Å². The van der Waals surface area contributed by atoms with Crippen LogP contribution in [0.15, 0.2) is 28.7 Å². The van der Waals surface area contributed by atoms with Gasteiger partial charge in [0, 0.05) is 12.7 Å². The first kappa shape index (κ1) is 11.0. The number of hydrogen-bond acceptors (Lipinski definition) is 4. The molecular weight excluding hydrogens is 226 g/mol. The van der Waals surface area contributed by atoms with Crippen molar-refractivity contribution in [2.45, 2.75) is 12.8 Å². The molecule has 2 rings (SSSR count). The molecule has 0 N–H and O–H groups in total. The second-order valence-electron chi connectivity index (χ2n) is 3.46. The highest BCUT2D eigenvalue weighted by molar-refractivity contribution is 6.16. The van der Waals surface area contributed by atoms with Crippen molar-refractivity contribution in [1.82, 2.24) is 10.2 Å². The van der Waals surface area contributed by atoms with Gasteiger partial charge in [-0.1, -0.05) is 23.3 Å². The van der Waals surface area contributed by atoms with E-state index in [1.165, 1.54) is 0 Å². The minimum absolute atomic E-state index is 0.231. The largest absolute Gasteiger partial charge is 0.406 e. The van der Waals surface area contributed by atoms with E-state index in [9.17, 15) is 0 Å². The second-order valence-corrected chi connectivity index (χ2v) is 3.72. The van der Waals surface area contributed by atoms with Crippen molar-refractivity contribution in [2.75, 3.05) is 11.9 Å². The van der Waals surface area contributed by atoms with Gasteiger partial charge in [0.25, 0.3) is 0 Å². The molecule has 5 heteroatoms. The molecule has 2 aromatic rings. The number of halogens is 1. The Bertz CT molecular complexity index is 484. The lowest BCUT2D eigenvalue weighted by molar-refractivity contribution is 0.518. The minimum atomic E-state index is 0.231. The molecule has 0 amide bonds. The highest BCUT2D eigenvalue weighted by Gasteiger charge is 2.13. The van der Waals surface area contributed by atoms with Crippen molar-refractivity contribution in [3.8, 4) is 0 Å². The zero-order valence-electron chi connectivity index (χ0n) is 9.14. The lowest BCUT2D eigenvalue weighted by atomic mass is 10.2. The molecule has 0 aliphatic carbocycles. The molecule has 16 heavy (non-hydrogen) atoms. The molecule has 0 spiro atoms. The summed E-state index contributed by atoms with van der Waals surface area (Å²) < 4.78 is 5.38. The first-order valence-electron chi connectivity index (χ1n) is 4.90. The smallest absolute Gasteiger partial charge is 0.322 e. The molecule has 0 fully saturated rings. The molecule has 1 aromatic heterocycles. The van der Waals surface area contributed by atoms with Crippen LogP contribution in [-0.2, 0) is 5.88 Å². The monoisotopic (exact) mass is 237 g/mol. The predicted octanol–water partition coefficient (Wildman–Crippen LogP) is 2.88. The number of para-hydroxylation sites is 1. The number of rotatable bonds is 3. The fourth-order valence-electron chi connectivity index (χ4n) is 1.48. The number of alkyl halides is 1. The highest BCUT2D eigenvalue weighted by Crippen LogP contribution is 2.25. The number of nitrogens with zero attached hydrogens (tertiary/aromatic N) is 3. The SMILES string of the molecule is Cc1ccccc1N(C)c1nnc(CCl)o1. The van der Waals surface area contributed by atoms with Crippen LogP contribution in [0.5, 0.6) is 0 Å². The maximum Gasteiger partial charge on any atom is 0.322 e. The summed E-state index contributed by atoms with van der Waals surface area (Å²) in [5.74, 6) is 0.659. The third-order valence-electron chi connectivity index (χ3n) is 2.33. The van der Waals surface area contributed by atoms with Gasteiger partial charge in [0.1, 0.15) is 5.88 Å². The molecule has 0 unspecified atom stereocenters. The summed E-state index contributed by atoms with van der Waals surface area (Å²) in [7, 11) is 1.88. The van der Waals surface area contributed by atoms with Crippen LogP contribution >= 0.6 is 11.6 Å². The Morgan fingerprint density at radius 1 is 1.31 bits per heavy atom. The van der Waals surface area contributed by atoms with Gasteiger partial charge in [-0.15, -0.1) is 16.7 Å². The van der Waals surface area contributed by atoms with Crippen LogP contribution in [0.1, 0.15) is 11.5 Å². The van der Waals surface area contributed by atoms with E-state index in [1.54, 1.807) is 0 Å². The molecule has 0 saturated carbocycles. The van der Waals surface area contributed by atoms with E-state index in [4.69, 9.17) is 16.0 Å². The first-order valence-corrected chi connectivity index (χ1v) is 5.43. The van der Waals surface area contributed by atoms with E-state index in [-0.39, 0.29) is 5.88 Å². The van der Waals surface area contributed by atoms with Crippen molar-refractivity contribution in [3.63, 3.8) is 0 Å². The first-order chi connectivity index (χ1) is 7.72. The van der Waals surface area contributed by atoms with Crippen LogP contribution in [-0.4, -0.2) is 17.2 Å². The van der Waals surface area contributed by atoms with Gasteiger partial charge in [-0.05, 0) is 18.6 Å². The van der Waals surface area contributed by atoms with Crippen molar-refractivity contribution in [2.24, 2.45) is 0 Å². The molecule has 4 nitrogen and oxygen atoms in total. The third kappa shape index (κ3) is 2.02. The Morgan fingerprint density at radius 3 is 2.69 bits per heavy atom. The maximum absolute atomic E-state index is 5.61. The molecule has 0 aliphatic heterocycles. The average Bonchev–Trinajstić information content (AvgIpc) is 2.77. The zero-order valence-corrected chi connectivity index (χ0v) is 9.90. The van der Waals surface area contributed by atoms with Crippen molar-refractivity contribution >= 4 is 23.3 Å². The topological polar surface area (TPSA) is 42.2 Å². The van der Waals surface area contributed by atoms with E-state index in [1.807, 2.05) is 43.1 Å². The van der Waals surface area contributed by atoms with E-state index < -0.39 is 0 Å². The Kier molecular flexibility index (Phi) is 3.10. The normalized spacial score (nSPS) is 10.4. The van der Waals surface area contributed by atoms with Gasteiger partial charge in [0.15, 0.2) is 0 Å². The molecule has 84 valence electrons. The van der Waals surface area contributed by atoms with Crippen LogP contribution in [0, 0.1) is 6.92 Å². The van der Waals surface area contributed by atoms with E-state index in [0.29, 0.717) is 11.9 Å². The maximum atomic E-state index is 5.61. The average molecular weight is 238 g/mol. The molecular formula is C11H12ClN3O. The summed E-state index contributed by atoms with van der Waals surface area (Å²) in [5, 5.41) is 7.75. The fraction of sp³-hybridized carbons (Fsp3) is 0.273. The zero-order chi connectivity index (χ0) is 11.5. The molecule has 1 heterocycles.